The maximum absolute atomic E-state index is 12.6. The Morgan fingerprint density at radius 3 is 2.37 bits per heavy atom. The van der Waals surface area contributed by atoms with Crippen LogP contribution in [0.25, 0.3) is 28.1 Å². The van der Waals surface area contributed by atoms with Gasteiger partial charge in [-0.1, -0.05) is 0 Å². The van der Waals surface area contributed by atoms with Crippen LogP contribution in [0.5, 0.6) is 0 Å². The summed E-state index contributed by atoms with van der Waals surface area (Å²) in [4.78, 5) is 43.5. The van der Waals surface area contributed by atoms with E-state index in [0.717, 1.165) is 4.57 Å². The number of nitrogens with zero attached hydrogens (tertiary/aromatic N) is 6. The first kappa shape index (κ1) is 16.4. The minimum Gasteiger partial charge on any atom is -0.383 e. The second-order valence-corrected chi connectivity index (χ2v) is 6.00. The summed E-state index contributed by atoms with van der Waals surface area (Å²) in [5.41, 5.74) is 6.41. The molecule has 4 rings (SSSR count). The van der Waals surface area contributed by atoms with E-state index in [2.05, 4.69) is 9.97 Å². The smallest absolute Gasteiger partial charge is 0.332 e. The summed E-state index contributed by atoms with van der Waals surface area (Å²) in [6.07, 6.45) is 1.58. The SMILES string of the molecule is Cn1c(=O)c2c(nc3nc(N)c(-c4ccc([N+](=O)[O-])cc4)cn32)n(C)c1=O. The first-order valence-corrected chi connectivity index (χ1v) is 7.78. The van der Waals surface area contributed by atoms with E-state index >= 15 is 0 Å². The van der Waals surface area contributed by atoms with Gasteiger partial charge in [0.05, 0.1) is 4.92 Å². The van der Waals surface area contributed by atoms with Gasteiger partial charge in [-0.25, -0.2) is 4.79 Å². The maximum Gasteiger partial charge on any atom is 0.332 e. The molecule has 4 aromatic rings. The van der Waals surface area contributed by atoms with Crippen molar-refractivity contribution in [2.75, 3.05) is 5.73 Å². The number of nitrogens with two attached hydrogens (primary N) is 1. The standard InChI is InChI=1S/C16H13N7O4/c1-20-13-11(14(24)21(2)16(20)25)22-7-10(12(17)18-15(22)19-13)8-3-5-9(6-4-8)23(26)27/h3-7H,1-2H3,(H2,17,18,19). The number of rotatable bonds is 2. The monoisotopic (exact) mass is 367 g/mol. The number of hydrogen-bond acceptors (Lipinski definition) is 7. The number of non-ortho nitro benzene ring substituents is 1. The highest BCUT2D eigenvalue weighted by molar-refractivity contribution is 5.80. The van der Waals surface area contributed by atoms with Crippen molar-refractivity contribution in [1.82, 2.24) is 23.5 Å². The molecule has 3 heterocycles. The number of nitrogen functional groups attached to an aromatic ring is 1. The molecule has 0 aliphatic heterocycles. The molecule has 0 amide bonds. The molecule has 0 spiro atoms. The largest absolute Gasteiger partial charge is 0.383 e. The highest BCUT2D eigenvalue weighted by atomic mass is 16.6. The Hall–Kier alpha value is -4.02. The molecule has 0 aliphatic rings. The van der Waals surface area contributed by atoms with Crippen LogP contribution in [0.4, 0.5) is 11.5 Å². The molecule has 0 radical (unpaired) electrons. The number of hydrogen-bond donors (Lipinski definition) is 1. The zero-order valence-corrected chi connectivity index (χ0v) is 14.3. The molecular weight excluding hydrogens is 354 g/mol. The van der Waals surface area contributed by atoms with Crippen molar-refractivity contribution in [3.05, 3.63) is 61.4 Å². The van der Waals surface area contributed by atoms with E-state index in [9.17, 15) is 19.7 Å². The van der Waals surface area contributed by atoms with Crippen molar-refractivity contribution in [3.63, 3.8) is 0 Å². The number of nitro groups is 1. The van der Waals surface area contributed by atoms with Crippen molar-refractivity contribution in [2.24, 2.45) is 14.1 Å². The van der Waals surface area contributed by atoms with Gasteiger partial charge in [-0.3, -0.25) is 28.4 Å². The summed E-state index contributed by atoms with van der Waals surface area (Å²) in [6.45, 7) is 0. The molecule has 11 nitrogen and oxygen atoms in total. The second kappa shape index (κ2) is 5.49. The lowest BCUT2D eigenvalue weighted by Crippen LogP contribution is -2.37. The number of aromatic nitrogens is 5. The van der Waals surface area contributed by atoms with E-state index in [1.54, 1.807) is 18.3 Å². The number of benzene rings is 1. The van der Waals surface area contributed by atoms with Gasteiger partial charge in [-0.2, -0.15) is 9.97 Å². The molecule has 0 bridgehead atoms. The highest BCUT2D eigenvalue weighted by Crippen LogP contribution is 2.27. The van der Waals surface area contributed by atoms with Crippen LogP contribution in [0.1, 0.15) is 0 Å². The van der Waals surface area contributed by atoms with E-state index < -0.39 is 16.2 Å². The topological polar surface area (TPSA) is 143 Å². The van der Waals surface area contributed by atoms with Crippen molar-refractivity contribution in [2.45, 2.75) is 0 Å². The quantitative estimate of drug-likeness (QED) is 0.400. The Morgan fingerprint density at radius 2 is 1.74 bits per heavy atom. The van der Waals surface area contributed by atoms with Crippen LogP contribution in [0, 0.1) is 10.1 Å². The molecule has 3 aromatic heterocycles. The molecule has 0 atom stereocenters. The van der Waals surface area contributed by atoms with Crippen molar-refractivity contribution in [1.29, 1.82) is 0 Å². The lowest BCUT2D eigenvalue weighted by atomic mass is 10.1. The average molecular weight is 367 g/mol. The van der Waals surface area contributed by atoms with Gasteiger partial charge < -0.3 is 5.73 Å². The maximum atomic E-state index is 12.6. The lowest BCUT2D eigenvalue weighted by molar-refractivity contribution is -0.384. The second-order valence-electron chi connectivity index (χ2n) is 6.00. The minimum absolute atomic E-state index is 0.0525. The number of fused-ring (bicyclic) bond motifs is 3. The van der Waals surface area contributed by atoms with Crippen LogP contribution >= 0.6 is 0 Å². The van der Waals surface area contributed by atoms with E-state index in [-0.39, 0.29) is 28.4 Å². The summed E-state index contributed by atoms with van der Waals surface area (Å²) in [6, 6.07) is 5.80. The number of imidazole rings is 1. The fraction of sp³-hybridized carbons (Fsp3) is 0.125. The molecule has 2 N–H and O–H groups in total. The van der Waals surface area contributed by atoms with Gasteiger partial charge >= 0.3 is 5.69 Å². The predicted octanol–water partition coefficient (Wildman–Crippen LogP) is 0.437. The van der Waals surface area contributed by atoms with Gasteiger partial charge in [0, 0.05) is 38.0 Å². The zero-order chi connectivity index (χ0) is 19.5. The Balaban J connectivity index is 2.05. The first-order chi connectivity index (χ1) is 12.8. The summed E-state index contributed by atoms with van der Waals surface area (Å²) in [7, 11) is 2.89. The van der Waals surface area contributed by atoms with Crippen LogP contribution in [0.15, 0.2) is 40.1 Å². The Kier molecular flexibility index (Phi) is 3.34. The van der Waals surface area contributed by atoms with Crippen molar-refractivity contribution >= 4 is 28.4 Å². The van der Waals surface area contributed by atoms with Crippen molar-refractivity contribution in [3.8, 4) is 11.1 Å². The van der Waals surface area contributed by atoms with Crippen LogP contribution in [0.2, 0.25) is 0 Å². The molecule has 0 saturated heterocycles. The Morgan fingerprint density at radius 1 is 1.07 bits per heavy atom. The summed E-state index contributed by atoms with van der Waals surface area (Å²) < 4.78 is 3.70. The van der Waals surface area contributed by atoms with E-state index in [1.165, 1.54) is 35.2 Å². The van der Waals surface area contributed by atoms with Gasteiger partial charge in [0.2, 0.25) is 5.78 Å². The lowest BCUT2D eigenvalue weighted by Gasteiger charge is -2.07. The normalized spacial score (nSPS) is 11.3. The summed E-state index contributed by atoms with van der Waals surface area (Å²) in [5.74, 6) is 0.319. The third kappa shape index (κ3) is 2.28. The zero-order valence-electron chi connectivity index (χ0n) is 14.3. The molecule has 136 valence electrons. The third-order valence-electron chi connectivity index (χ3n) is 4.42. The molecule has 0 aliphatic carbocycles. The van der Waals surface area contributed by atoms with Gasteiger partial charge in [0.25, 0.3) is 11.2 Å². The van der Waals surface area contributed by atoms with Gasteiger partial charge in [-0.05, 0) is 17.7 Å². The third-order valence-corrected chi connectivity index (χ3v) is 4.42. The van der Waals surface area contributed by atoms with Crippen LogP contribution in [-0.4, -0.2) is 28.4 Å². The van der Waals surface area contributed by atoms with E-state index in [4.69, 9.17) is 5.73 Å². The number of anilines is 1. The van der Waals surface area contributed by atoms with Gasteiger partial charge in [0.15, 0.2) is 11.2 Å². The fourth-order valence-electron chi connectivity index (χ4n) is 2.95. The molecule has 1 aromatic carbocycles. The first-order valence-electron chi connectivity index (χ1n) is 7.78. The summed E-state index contributed by atoms with van der Waals surface area (Å²) >= 11 is 0. The highest BCUT2D eigenvalue weighted by Gasteiger charge is 2.18. The van der Waals surface area contributed by atoms with Crippen molar-refractivity contribution < 1.29 is 4.92 Å². The summed E-state index contributed by atoms with van der Waals surface area (Å²) in [5, 5.41) is 10.8. The number of nitro benzene ring substituents is 1. The molecule has 27 heavy (non-hydrogen) atoms. The van der Waals surface area contributed by atoms with Crippen LogP contribution in [0.3, 0.4) is 0 Å². The predicted molar refractivity (Wildman–Crippen MR) is 97.5 cm³/mol. The fourth-order valence-corrected chi connectivity index (χ4v) is 2.95. The minimum atomic E-state index is -0.512. The molecule has 0 saturated carbocycles. The van der Waals surface area contributed by atoms with E-state index in [1.807, 2.05) is 0 Å². The molecule has 11 heteroatoms. The van der Waals surface area contributed by atoms with Gasteiger partial charge in [0.1, 0.15) is 5.82 Å². The molecule has 0 fully saturated rings. The van der Waals surface area contributed by atoms with Gasteiger partial charge in [-0.15, -0.1) is 0 Å². The molecular formula is C16H13N7O4. The Bertz CT molecular complexity index is 1360. The van der Waals surface area contributed by atoms with Crippen LogP contribution < -0.4 is 17.0 Å². The van der Waals surface area contributed by atoms with Crippen LogP contribution in [-0.2, 0) is 14.1 Å². The average Bonchev–Trinajstić information content (AvgIpc) is 3.02. The molecule has 0 unspecified atom stereocenters. The Labute approximate surface area is 150 Å². The number of aryl methyl sites for hydroxylation is 1. The van der Waals surface area contributed by atoms with E-state index in [0.29, 0.717) is 11.1 Å².